The number of hydrogen-bond acceptors (Lipinski definition) is 5. The van der Waals surface area contributed by atoms with E-state index in [0.29, 0.717) is 5.02 Å². The van der Waals surface area contributed by atoms with Crippen molar-refractivity contribution in [3.8, 4) is 0 Å². The highest BCUT2D eigenvalue weighted by atomic mass is 35.5. The quantitative estimate of drug-likeness (QED) is 0.676. The molecule has 0 bridgehead atoms. The van der Waals surface area contributed by atoms with Gasteiger partial charge in [-0.1, -0.05) is 17.7 Å². The van der Waals surface area contributed by atoms with Crippen LogP contribution < -0.4 is 15.1 Å². The summed E-state index contributed by atoms with van der Waals surface area (Å²) in [6, 6.07) is 12.5. The van der Waals surface area contributed by atoms with Crippen molar-refractivity contribution >= 4 is 34.6 Å². The van der Waals surface area contributed by atoms with Crippen LogP contribution >= 0.6 is 11.6 Å². The third kappa shape index (κ3) is 3.51. The monoisotopic (exact) mass is 405 g/mol. The van der Waals surface area contributed by atoms with Crippen LogP contribution in [-0.2, 0) is 19.4 Å². The lowest BCUT2D eigenvalue weighted by molar-refractivity contribution is 0.719. The summed E-state index contributed by atoms with van der Waals surface area (Å²) in [6.07, 6.45) is 6.97. The van der Waals surface area contributed by atoms with E-state index in [0.717, 1.165) is 49.8 Å². The van der Waals surface area contributed by atoms with Crippen molar-refractivity contribution in [2.24, 2.45) is 0 Å². The van der Waals surface area contributed by atoms with Crippen molar-refractivity contribution in [2.75, 3.05) is 35.3 Å². The summed E-state index contributed by atoms with van der Waals surface area (Å²) in [7, 11) is 2.17. The summed E-state index contributed by atoms with van der Waals surface area (Å²) in [6.45, 7) is 2.77. The van der Waals surface area contributed by atoms with Gasteiger partial charge in [-0.3, -0.25) is 0 Å². The highest BCUT2D eigenvalue weighted by Crippen LogP contribution is 2.33. The Kier molecular flexibility index (Phi) is 4.76. The molecule has 0 amide bonds. The van der Waals surface area contributed by atoms with Gasteiger partial charge in [0.1, 0.15) is 11.6 Å². The first-order valence-corrected chi connectivity index (χ1v) is 10.5. The molecule has 3 aromatic rings. The van der Waals surface area contributed by atoms with Crippen LogP contribution in [0.15, 0.2) is 48.8 Å². The average molecular weight is 406 g/mol. The maximum Gasteiger partial charge on any atom is 0.147 e. The minimum Gasteiger partial charge on any atom is -0.374 e. The Labute approximate surface area is 176 Å². The summed E-state index contributed by atoms with van der Waals surface area (Å²) in [4.78, 5) is 13.7. The van der Waals surface area contributed by atoms with Gasteiger partial charge in [0.15, 0.2) is 0 Å². The molecule has 6 heteroatoms. The van der Waals surface area contributed by atoms with Crippen LogP contribution in [0, 0.1) is 0 Å². The molecule has 148 valence electrons. The number of benzene rings is 1. The normalized spacial score (nSPS) is 15.7. The van der Waals surface area contributed by atoms with Crippen LogP contribution in [-0.4, -0.2) is 30.1 Å². The molecular weight excluding hydrogens is 382 g/mol. The summed E-state index contributed by atoms with van der Waals surface area (Å²) in [5.74, 6) is 1.80. The lowest BCUT2D eigenvalue weighted by Gasteiger charge is -2.31. The molecule has 2 aliphatic rings. The molecule has 0 unspecified atom stereocenters. The highest BCUT2D eigenvalue weighted by Gasteiger charge is 2.22. The Hall–Kier alpha value is -2.79. The number of anilines is 4. The predicted octanol–water partition coefficient (Wildman–Crippen LogP) is 4.82. The number of hydrogen-bond donors (Lipinski definition) is 1. The smallest absolute Gasteiger partial charge is 0.147 e. The van der Waals surface area contributed by atoms with Crippen molar-refractivity contribution < 1.29 is 0 Å². The molecule has 0 radical (unpaired) electrons. The average Bonchev–Trinajstić information content (AvgIpc) is 2.74. The van der Waals surface area contributed by atoms with Crippen molar-refractivity contribution in [3.63, 3.8) is 0 Å². The molecular formula is C23H24ClN5. The molecule has 1 aromatic carbocycles. The molecule has 2 aromatic heterocycles. The van der Waals surface area contributed by atoms with E-state index in [9.17, 15) is 0 Å². The fraction of sp³-hybridized carbons (Fsp3) is 0.304. The molecule has 0 atom stereocenters. The molecule has 29 heavy (non-hydrogen) atoms. The maximum absolute atomic E-state index is 6.36. The van der Waals surface area contributed by atoms with Crippen LogP contribution in [0.2, 0.25) is 5.02 Å². The number of pyridine rings is 2. The first-order chi connectivity index (χ1) is 14.2. The Bertz CT molecular complexity index is 1050. The van der Waals surface area contributed by atoms with Crippen molar-refractivity contribution in [3.05, 3.63) is 70.5 Å². The van der Waals surface area contributed by atoms with E-state index in [1.54, 1.807) is 6.20 Å². The zero-order valence-electron chi connectivity index (χ0n) is 16.5. The minimum absolute atomic E-state index is 0.696. The Morgan fingerprint density at radius 1 is 1.00 bits per heavy atom. The first kappa shape index (κ1) is 18.3. The lowest BCUT2D eigenvalue weighted by atomic mass is 10.00. The van der Waals surface area contributed by atoms with Gasteiger partial charge in [-0.2, -0.15) is 0 Å². The first-order valence-electron chi connectivity index (χ1n) is 10.1. The number of nitrogens with one attached hydrogen (secondary N) is 1. The zero-order valence-corrected chi connectivity index (χ0v) is 17.3. The molecule has 0 aliphatic carbocycles. The second kappa shape index (κ2) is 7.56. The van der Waals surface area contributed by atoms with E-state index in [-0.39, 0.29) is 0 Å². The van der Waals surface area contributed by atoms with Gasteiger partial charge in [0.25, 0.3) is 0 Å². The van der Waals surface area contributed by atoms with Gasteiger partial charge >= 0.3 is 0 Å². The number of halogens is 1. The second-order valence-electron chi connectivity index (χ2n) is 7.77. The van der Waals surface area contributed by atoms with Gasteiger partial charge in [0, 0.05) is 56.0 Å². The Morgan fingerprint density at radius 2 is 1.93 bits per heavy atom. The fourth-order valence-corrected chi connectivity index (χ4v) is 4.60. The van der Waals surface area contributed by atoms with Gasteiger partial charge < -0.3 is 15.1 Å². The molecule has 4 heterocycles. The number of nitrogens with zero attached hydrogens (tertiary/aromatic N) is 4. The summed E-state index contributed by atoms with van der Waals surface area (Å²) in [5.41, 5.74) is 6.39. The van der Waals surface area contributed by atoms with Gasteiger partial charge in [-0.15, -0.1) is 0 Å². The maximum atomic E-state index is 6.36. The number of fused-ring (bicyclic) bond motifs is 2. The van der Waals surface area contributed by atoms with E-state index >= 15 is 0 Å². The van der Waals surface area contributed by atoms with Gasteiger partial charge in [-0.05, 0) is 60.7 Å². The Morgan fingerprint density at radius 3 is 2.83 bits per heavy atom. The van der Waals surface area contributed by atoms with E-state index in [1.807, 2.05) is 18.3 Å². The number of aryl methyl sites for hydroxylation is 1. The van der Waals surface area contributed by atoms with Crippen molar-refractivity contribution in [1.82, 2.24) is 9.97 Å². The van der Waals surface area contributed by atoms with Crippen LogP contribution in [0.5, 0.6) is 0 Å². The van der Waals surface area contributed by atoms with Crippen LogP contribution in [0.1, 0.15) is 23.1 Å². The fourth-order valence-electron chi connectivity index (χ4n) is 4.36. The largest absolute Gasteiger partial charge is 0.374 e. The van der Waals surface area contributed by atoms with Crippen LogP contribution in [0.3, 0.4) is 0 Å². The lowest BCUT2D eigenvalue weighted by Crippen LogP contribution is -2.31. The van der Waals surface area contributed by atoms with E-state index in [4.69, 9.17) is 11.6 Å². The van der Waals surface area contributed by atoms with Crippen molar-refractivity contribution in [1.29, 1.82) is 0 Å². The molecule has 1 N–H and O–H groups in total. The zero-order chi connectivity index (χ0) is 19.8. The molecule has 2 aliphatic heterocycles. The third-order valence-electron chi connectivity index (χ3n) is 5.88. The SMILES string of the molecule is CN1CCCc2ccc(Nc3nccc4c3CCN(c3ncccc3Cl)C4)cc21. The molecule has 0 saturated carbocycles. The molecule has 0 spiro atoms. The standard InChI is InChI=1S/C23H24ClN5/c1-28-12-3-4-16-6-7-18(14-21(16)28)27-22-19-9-13-29(15-17(19)8-11-25-22)23-20(24)5-2-10-26-23/h2,5-8,10-11,14H,3-4,9,12-13,15H2,1H3,(H,25,27). The van der Waals surface area contributed by atoms with E-state index in [1.165, 1.54) is 28.8 Å². The molecule has 0 saturated heterocycles. The van der Waals surface area contributed by atoms with Gasteiger partial charge in [0.05, 0.1) is 5.02 Å². The second-order valence-corrected chi connectivity index (χ2v) is 8.18. The summed E-state index contributed by atoms with van der Waals surface area (Å²) < 4.78 is 0. The summed E-state index contributed by atoms with van der Waals surface area (Å²) in [5, 5.41) is 4.27. The van der Waals surface area contributed by atoms with E-state index < -0.39 is 0 Å². The molecule has 0 fully saturated rings. The highest BCUT2D eigenvalue weighted by molar-refractivity contribution is 6.32. The van der Waals surface area contributed by atoms with Crippen LogP contribution in [0.4, 0.5) is 23.0 Å². The number of rotatable bonds is 3. The third-order valence-corrected chi connectivity index (χ3v) is 6.18. The molecule has 5 rings (SSSR count). The van der Waals surface area contributed by atoms with Crippen LogP contribution in [0.25, 0.3) is 0 Å². The predicted molar refractivity (Wildman–Crippen MR) is 120 cm³/mol. The topological polar surface area (TPSA) is 44.3 Å². The van der Waals surface area contributed by atoms with Gasteiger partial charge in [0.2, 0.25) is 0 Å². The van der Waals surface area contributed by atoms with Crippen molar-refractivity contribution in [2.45, 2.75) is 25.8 Å². The van der Waals surface area contributed by atoms with Gasteiger partial charge in [-0.25, -0.2) is 9.97 Å². The molecule has 5 nitrogen and oxygen atoms in total. The minimum atomic E-state index is 0.696. The van der Waals surface area contributed by atoms with E-state index in [2.05, 4.69) is 56.4 Å². The number of aromatic nitrogens is 2. The Balaban J connectivity index is 1.41. The summed E-state index contributed by atoms with van der Waals surface area (Å²) >= 11 is 6.36.